The fourth-order valence-electron chi connectivity index (χ4n) is 3.88. The summed E-state index contributed by atoms with van der Waals surface area (Å²) in [5.74, 6) is -1.49. The first-order chi connectivity index (χ1) is 21.8. The molecule has 10 N–H and O–H groups in total. The number of hydrogen-bond acceptors (Lipinski definition) is 8. The highest BCUT2D eigenvalue weighted by Crippen LogP contribution is 2.16. The topological polar surface area (TPSA) is 246 Å². The highest BCUT2D eigenvalue weighted by atomic mass is 16.5. The van der Waals surface area contributed by atoms with Crippen molar-refractivity contribution in [1.29, 1.82) is 0 Å². The minimum atomic E-state index is -0.715. The molecule has 0 fully saturated rings. The Labute approximate surface area is 268 Å². The second-order valence-corrected chi connectivity index (χ2v) is 10.2. The summed E-state index contributed by atoms with van der Waals surface area (Å²) in [4.78, 5) is 61.0. The number of rotatable bonds is 17. The van der Waals surface area contributed by atoms with E-state index in [9.17, 15) is 19.2 Å². The third kappa shape index (κ3) is 12.0. The smallest absolute Gasteiger partial charge is 0.254 e. The van der Waals surface area contributed by atoms with Crippen molar-refractivity contribution in [2.75, 3.05) is 53.6 Å². The SMILES string of the molecule is CC(C(=O)NCCOCCOCCNC(=O)C(C)N(C)C(=O)c1ccc(N=C(N)N)cc1)N(C)C(=O)c1ccc(N=C(N)N)cc1. The zero-order valence-electron chi connectivity index (χ0n) is 26.6. The Balaban J connectivity index is 1.58. The van der Waals surface area contributed by atoms with E-state index in [4.69, 9.17) is 32.4 Å². The van der Waals surface area contributed by atoms with Gasteiger partial charge in [-0.05, 0) is 62.4 Å². The molecule has 0 spiro atoms. The summed E-state index contributed by atoms with van der Waals surface area (Å²) < 4.78 is 10.9. The summed E-state index contributed by atoms with van der Waals surface area (Å²) in [5.41, 5.74) is 23.2. The molecule has 16 nitrogen and oxygen atoms in total. The fourth-order valence-corrected chi connectivity index (χ4v) is 3.88. The lowest BCUT2D eigenvalue weighted by Gasteiger charge is -2.24. The van der Waals surface area contributed by atoms with Crippen molar-refractivity contribution in [1.82, 2.24) is 20.4 Å². The van der Waals surface area contributed by atoms with E-state index in [1.165, 1.54) is 9.80 Å². The minimum absolute atomic E-state index is 0.0868. The molecule has 2 aromatic rings. The molecule has 2 aromatic carbocycles. The quantitative estimate of drug-likeness (QED) is 0.0727. The Bertz CT molecular complexity index is 1270. The number of aliphatic imine (C=N–C) groups is 2. The second kappa shape index (κ2) is 18.6. The van der Waals surface area contributed by atoms with Crippen LogP contribution in [0.25, 0.3) is 0 Å². The number of ether oxygens (including phenoxy) is 2. The molecular weight excluding hydrogens is 596 g/mol. The molecule has 0 bridgehead atoms. The molecule has 2 rings (SSSR count). The molecule has 0 saturated heterocycles. The van der Waals surface area contributed by atoms with Gasteiger partial charge in [-0.25, -0.2) is 9.98 Å². The molecule has 46 heavy (non-hydrogen) atoms. The van der Waals surface area contributed by atoms with E-state index in [1.807, 2.05) is 0 Å². The van der Waals surface area contributed by atoms with Gasteiger partial charge in [0.2, 0.25) is 11.8 Å². The Morgan fingerprint density at radius 3 is 1.26 bits per heavy atom. The molecule has 0 aliphatic rings. The first kappa shape index (κ1) is 37.0. The summed E-state index contributed by atoms with van der Waals surface area (Å²) in [7, 11) is 3.09. The van der Waals surface area contributed by atoms with E-state index in [1.54, 1.807) is 76.5 Å². The Hall–Kier alpha value is -5.22. The number of carbonyl (C=O) groups is 4. The van der Waals surface area contributed by atoms with Gasteiger partial charge in [-0.1, -0.05) is 0 Å². The minimum Gasteiger partial charge on any atom is -0.377 e. The van der Waals surface area contributed by atoms with Crippen LogP contribution in [0, 0.1) is 0 Å². The predicted octanol–water partition coefficient (Wildman–Crippen LogP) is -0.617. The third-order valence-electron chi connectivity index (χ3n) is 6.77. The van der Waals surface area contributed by atoms with E-state index in [-0.39, 0.29) is 75.1 Å². The van der Waals surface area contributed by atoms with Gasteiger partial charge in [0.25, 0.3) is 11.8 Å². The largest absolute Gasteiger partial charge is 0.377 e. The molecule has 0 aliphatic carbocycles. The summed E-state index contributed by atoms with van der Waals surface area (Å²) in [6.07, 6.45) is 0. The fraction of sp³-hybridized carbons (Fsp3) is 0.400. The molecule has 4 amide bonds. The standard InChI is InChI=1S/C30H44N10O6/c1-19(39(3)27(43)21-5-9-23(10-6-21)37-29(31)32)25(41)35-13-15-45-17-18-46-16-14-36-26(42)20(2)40(4)28(44)22-7-11-24(12-8-22)38-30(33)34/h5-12,19-20H,13-18H2,1-4H3,(H,35,41)(H,36,42)(H4,31,32,37)(H4,33,34,38). The van der Waals surface area contributed by atoms with Crippen LogP contribution in [0.3, 0.4) is 0 Å². The maximum Gasteiger partial charge on any atom is 0.254 e. The average molecular weight is 641 g/mol. The molecule has 16 heteroatoms. The highest BCUT2D eigenvalue weighted by molar-refractivity contribution is 5.98. The number of nitrogens with one attached hydrogen (secondary N) is 2. The van der Waals surface area contributed by atoms with Gasteiger partial charge in [0, 0.05) is 38.3 Å². The molecule has 0 saturated carbocycles. The Morgan fingerprint density at radius 1 is 0.630 bits per heavy atom. The third-order valence-corrected chi connectivity index (χ3v) is 6.77. The van der Waals surface area contributed by atoms with Gasteiger partial charge in [0.1, 0.15) is 12.1 Å². The molecular formula is C30H44N10O6. The zero-order valence-corrected chi connectivity index (χ0v) is 26.6. The zero-order chi connectivity index (χ0) is 34.2. The van der Waals surface area contributed by atoms with Crippen molar-refractivity contribution in [2.45, 2.75) is 25.9 Å². The molecule has 250 valence electrons. The molecule has 2 unspecified atom stereocenters. The van der Waals surface area contributed by atoms with Crippen molar-refractivity contribution >= 4 is 46.9 Å². The highest BCUT2D eigenvalue weighted by Gasteiger charge is 2.24. The van der Waals surface area contributed by atoms with Crippen molar-refractivity contribution in [2.24, 2.45) is 32.9 Å². The van der Waals surface area contributed by atoms with Gasteiger partial charge in [-0.15, -0.1) is 0 Å². The van der Waals surface area contributed by atoms with Crippen molar-refractivity contribution in [3.05, 3.63) is 59.7 Å². The van der Waals surface area contributed by atoms with Gasteiger partial charge in [-0.3, -0.25) is 19.2 Å². The lowest BCUT2D eigenvalue weighted by atomic mass is 10.1. The Morgan fingerprint density at radius 2 is 0.957 bits per heavy atom. The lowest BCUT2D eigenvalue weighted by molar-refractivity contribution is -0.125. The van der Waals surface area contributed by atoms with Gasteiger partial charge in [0.05, 0.1) is 37.8 Å². The monoisotopic (exact) mass is 640 g/mol. The number of hydrogen-bond donors (Lipinski definition) is 6. The number of nitrogens with zero attached hydrogens (tertiary/aromatic N) is 4. The van der Waals surface area contributed by atoms with E-state index < -0.39 is 12.1 Å². The predicted molar refractivity (Wildman–Crippen MR) is 175 cm³/mol. The molecule has 0 aromatic heterocycles. The van der Waals surface area contributed by atoms with E-state index in [2.05, 4.69) is 20.6 Å². The Kier molecular flexibility index (Phi) is 14.9. The van der Waals surface area contributed by atoms with Crippen molar-refractivity contribution < 1.29 is 28.7 Å². The van der Waals surface area contributed by atoms with Crippen LogP contribution in [0.5, 0.6) is 0 Å². The van der Waals surface area contributed by atoms with Crippen LogP contribution < -0.4 is 33.6 Å². The maximum atomic E-state index is 12.7. The van der Waals surface area contributed by atoms with E-state index in [0.29, 0.717) is 22.5 Å². The van der Waals surface area contributed by atoms with Crippen molar-refractivity contribution in [3.8, 4) is 0 Å². The summed E-state index contributed by atoms with van der Waals surface area (Å²) in [6.45, 7) is 4.81. The van der Waals surface area contributed by atoms with Gasteiger partial charge in [-0.2, -0.15) is 0 Å². The number of nitrogens with two attached hydrogens (primary N) is 4. The number of likely N-dealkylation sites (N-methyl/N-ethyl adjacent to an activating group) is 2. The lowest BCUT2D eigenvalue weighted by Crippen LogP contribution is -2.46. The second-order valence-electron chi connectivity index (χ2n) is 10.2. The molecule has 0 aliphatic heterocycles. The van der Waals surface area contributed by atoms with Crippen LogP contribution in [-0.2, 0) is 19.1 Å². The first-order valence-corrected chi connectivity index (χ1v) is 14.5. The van der Waals surface area contributed by atoms with Gasteiger partial charge >= 0.3 is 0 Å². The van der Waals surface area contributed by atoms with Gasteiger partial charge < -0.3 is 52.8 Å². The van der Waals surface area contributed by atoms with Crippen LogP contribution in [0.15, 0.2) is 58.5 Å². The normalized spacial score (nSPS) is 11.8. The average Bonchev–Trinajstić information content (AvgIpc) is 3.03. The van der Waals surface area contributed by atoms with Crippen LogP contribution in [0.2, 0.25) is 0 Å². The van der Waals surface area contributed by atoms with Crippen molar-refractivity contribution in [3.63, 3.8) is 0 Å². The summed E-state index contributed by atoms with van der Waals surface area (Å²) >= 11 is 0. The number of benzene rings is 2. The van der Waals surface area contributed by atoms with E-state index in [0.717, 1.165) is 0 Å². The van der Waals surface area contributed by atoms with Crippen LogP contribution in [-0.4, -0.2) is 111 Å². The van der Waals surface area contributed by atoms with Crippen LogP contribution in [0.4, 0.5) is 11.4 Å². The molecule has 0 heterocycles. The molecule has 2 atom stereocenters. The number of amides is 4. The number of guanidine groups is 2. The molecule has 0 radical (unpaired) electrons. The van der Waals surface area contributed by atoms with Crippen LogP contribution >= 0.6 is 0 Å². The summed E-state index contributed by atoms with van der Waals surface area (Å²) in [6, 6.07) is 11.3. The number of carbonyl (C=O) groups excluding carboxylic acids is 4. The van der Waals surface area contributed by atoms with Crippen LogP contribution in [0.1, 0.15) is 34.6 Å². The maximum absolute atomic E-state index is 12.7. The van der Waals surface area contributed by atoms with E-state index >= 15 is 0 Å². The van der Waals surface area contributed by atoms with Gasteiger partial charge in [0.15, 0.2) is 11.9 Å². The first-order valence-electron chi connectivity index (χ1n) is 14.5. The summed E-state index contributed by atoms with van der Waals surface area (Å²) in [5, 5.41) is 5.47.